The molecule has 5 nitrogen and oxygen atoms in total. The molecule has 0 aliphatic heterocycles. The van der Waals surface area contributed by atoms with Gasteiger partial charge >= 0.3 is 5.97 Å². The minimum Gasteiger partial charge on any atom is -0.497 e. The van der Waals surface area contributed by atoms with Crippen molar-refractivity contribution in [2.24, 2.45) is 0 Å². The van der Waals surface area contributed by atoms with Crippen LogP contribution >= 0.6 is 0 Å². The van der Waals surface area contributed by atoms with Crippen molar-refractivity contribution in [2.75, 3.05) is 7.11 Å². The molecular weight excluding hydrogens is 246 g/mol. The van der Waals surface area contributed by atoms with E-state index in [9.17, 15) is 4.79 Å². The summed E-state index contributed by atoms with van der Waals surface area (Å²) in [6, 6.07) is 5.71. The van der Waals surface area contributed by atoms with Crippen LogP contribution in [-0.4, -0.2) is 23.3 Å². The van der Waals surface area contributed by atoms with Crippen molar-refractivity contribution in [3.8, 4) is 17.1 Å². The molecule has 5 heteroatoms. The number of benzene rings is 1. The van der Waals surface area contributed by atoms with Crippen LogP contribution in [0.2, 0.25) is 0 Å². The molecule has 1 aliphatic rings. The molecule has 3 rings (SSSR count). The Hall–Kier alpha value is -2.30. The van der Waals surface area contributed by atoms with Gasteiger partial charge < -0.3 is 14.4 Å². The van der Waals surface area contributed by atoms with E-state index in [1.165, 1.54) is 0 Å². The lowest BCUT2D eigenvalue weighted by atomic mass is 10.0. The first-order valence-corrected chi connectivity index (χ1v) is 6.10. The van der Waals surface area contributed by atoms with Crippen LogP contribution in [0.5, 0.6) is 5.75 Å². The SMILES string of the molecule is COc1ccc2c(c1)CCCc1c(C(=O)O)noc1-2. The maximum Gasteiger partial charge on any atom is 0.358 e. The van der Waals surface area contributed by atoms with Gasteiger partial charge in [-0.25, -0.2) is 4.79 Å². The highest BCUT2D eigenvalue weighted by Crippen LogP contribution is 2.35. The largest absolute Gasteiger partial charge is 0.497 e. The van der Waals surface area contributed by atoms with Crippen molar-refractivity contribution >= 4 is 5.97 Å². The lowest BCUT2D eigenvalue weighted by molar-refractivity contribution is 0.0684. The normalized spacial score (nSPS) is 13.3. The summed E-state index contributed by atoms with van der Waals surface area (Å²) in [5, 5.41) is 12.8. The van der Waals surface area contributed by atoms with Crippen LogP contribution in [-0.2, 0) is 12.8 Å². The smallest absolute Gasteiger partial charge is 0.358 e. The number of carboxylic acid groups (broad SMARTS) is 1. The second-order valence-corrected chi connectivity index (χ2v) is 4.52. The van der Waals surface area contributed by atoms with E-state index in [2.05, 4.69) is 5.16 Å². The number of aromatic nitrogens is 1. The highest BCUT2D eigenvalue weighted by Gasteiger charge is 2.26. The third-order valence-electron chi connectivity index (χ3n) is 3.42. The molecule has 0 saturated heterocycles. The maximum atomic E-state index is 11.1. The van der Waals surface area contributed by atoms with E-state index >= 15 is 0 Å². The van der Waals surface area contributed by atoms with Crippen molar-refractivity contribution in [2.45, 2.75) is 19.3 Å². The fraction of sp³-hybridized carbons (Fsp3) is 0.286. The third-order valence-corrected chi connectivity index (χ3v) is 3.42. The lowest BCUT2D eigenvalue weighted by Gasteiger charge is -2.06. The standard InChI is InChI=1S/C14H13NO4/c1-18-9-5-6-10-8(7-9)3-2-4-11-12(14(16)17)15-19-13(10)11/h5-7H,2-4H2,1H3,(H,16,17). The molecule has 0 spiro atoms. The summed E-state index contributed by atoms with van der Waals surface area (Å²) in [7, 11) is 1.63. The Kier molecular flexibility index (Phi) is 2.74. The van der Waals surface area contributed by atoms with Gasteiger partial charge in [-0.2, -0.15) is 0 Å². The zero-order valence-corrected chi connectivity index (χ0v) is 10.5. The Labute approximate surface area is 109 Å². The molecule has 0 radical (unpaired) electrons. The molecule has 0 fully saturated rings. The number of carbonyl (C=O) groups is 1. The van der Waals surface area contributed by atoms with Crippen molar-refractivity contribution in [1.29, 1.82) is 0 Å². The number of aromatic carboxylic acids is 1. The molecule has 1 N–H and O–H groups in total. The minimum absolute atomic E-state index is 0.0265. The summed E-state index contributed by atoms with van der Waals surface area (Å²) in [6.07, 6.45) is 2.40. The number of methoxy groups -OCH3 is 1. The Morgan fingerprint density at radius 2 is 2.26 bits per heavy atom. The second-order valence-electron chi connectivity index (χ2n) is 4.52. The molecule has 1 aliphatic carbocycles. The molecule has 0 amide bonds. The highest BCUT2D eigenvalue weighted by atomic mass is 16.5. The number of fused-ring (bicyclic) bond motifs is 3. The topological polar surface area (TPSA) is 72.6 Å². The molecule has 19 heavy (non-hydrogen) atoms. The van der Waals surface area contributed by atoms with Crippen LogP contribution in [0.15, 0.2) is 22.7 Å². The summed E-state index contributed by atoms with van der Waals surface area (Å²) in [6.45, 7) is 0. The zero-order chi connectivity index (χ0) is 13.4. The molecule has 1 aromatic heterocycles. The summed E-state index contributed by atoms with van der Waals surface area (Å²) in [4.78, 5) is 11.1. The summed E-state index contributed by atoms with van der Waals surface area (Å²) in [5.41, 5.74) is 2.73. The van der Waals surface area contributed by atoms with E-state index in [0.717, 1.165) is 29.7 Å². The van der Waals surface area contributed by atoms with Crippen LogP contribution in [0.3, 0.4) is 0 Å². The average Bonchev–Trinajstić information content (AvgIpc) is 2.74. The van der Waals surface area contributed by atoms with Crippen LogP contribution in [0.25, 0.3) is 11.3 Å². The Morgan fingerprint density at radius 1 is 1.42 bits per heavy atom. The van der Waals surface area contributed by atoms with Gasteiger partial charge in [0.2, 0.25) is 0 Å². The van der Waals surface area contributed by atoms with E-state index in [1.54, 1.807) is 7.11 Å². The summed E-state index contributed by atoms with van der Waals surface area (Å²) >= 11 is 0. The number of hydrogen-bond acceptors (Lipinski definition) is 4. The second kappa shape index (κ2) is 4.42. The average molecular weight is 259 g/mol. The molecule has 0 unspecified atom stereocenters. The highest BCUT2D eigenvalue weighted by molar-refractivity contribution is 5.89. The first-order chi connectivity index (χ1) is 9.20. The first-order valence-electron chi connectivity index (χ1n) is 6.10. The Balaban J connectivity index is 2.17. The minimum atomic E-state index is -1.04. The predicted molar refractivity (Wildman–Crippen MR) is 67.5 cm³/mol. The number of hydrogen-bond donors (Lipinski definition) is 1. The fourth-order valence-electron chi connectivity index (χ4n) is 2.50. The van der Waals surface area contributed by atoms with E-state index in [-0.39, 0.29) is 5.69 Å². The number of rotatable bonds is 2. The van der Waals surface area contributed by atoms with Crippen molar-refractivity contribution in [1.82, 2.24) is 5.16 Å². The third kappa shape index (κ3) is 1.87. The van der Waals surface area contributed by atoms with E-state index in [1.807, 2.05) is 18.2 Å². The van der Waals surface area contributed by atoms with E-state index < -0.39 is 5.97 Å². The Morgan fingerprint density at radius 3 is 3.00 bits per heavy atom. The number of ether oxygens (including phenoxy) is 1. The van der Waals surface area contributed by atoms with Crippen LogP contribution in [0.4, 0.5) is 0 Å². The monoisotopic (exact) mass is 259 g/mol. The van der Waals surface area contributed by atoms with Crippen molar-refractivity contribution in [3.63, 3.8) is 0 Å². The zero-order valence-electron chi connectivity index (χ0n) is 10.5. The fourth-order valence-corrected chi connectivity index (χ4v) is 2.50. The van der Waals surface area contributed by atoms with Gasteiger partial charge in [0, 0.05) is 11.1 Å². The molecule has 0 atom stereocenters. The van der Waals surface area contributed by atoms with Gasteiger partial charge in [0.05, 0.1) is 7.11 Å². The molecule has 1 aromatic carbocycles. The molecule has 0 bridgehead atoms. The maximum absolute atomic E-state index is 11.1. The molecule has 98 valence electrons. The Bertz CT molecular complexity index is 645. The van der Waals surface area contributed by atoms with Crippen LogP contribution < -0.4 is 4.74 Å². The number of nitrogens with zero attached hydrogens (tertiary/aromatic N) is 1. The van der Waals surface area contributed by atoms with E-state index in [0.29, 0.717) is 17.7 Å². The first kappa shape index (κ1) is 11.8. The van der Waals surface area contributed by atoms with Gasteiger partial charge in [-0.3, -0.25) is 0 Å². The van der Waals surface area contributed by atoms with Gasteiger partial charge in [-0.05, 0) is 43.0 Å². The van der Waals surface area contributed by atoms with Gasteiger partial charge in [-0.1, -0.05) is 5.16 Å². The quantitative estimate of drug-likeness (QED) is 0.897. The summed E-state index contributed by atoms with van der Waals surface area (Å²) < 4.78 is 10.5. The molecular formula is C14H13NO4. The number of carboxylic acids is 1. The van der Waals surface area contributed by atoms with Crippen molar-refractivity contribution in [3.05, 3.63) is 35.0 Å². The van der Waals surface area contributed by atoms with E-state index in [4.69, 9.17) is 14.4 Å². The predicted octanol–water partition coefficient (Wildman–Crippen LogP) is 2.54. The van der Waals surface area contributed by atoms with Gasteiger partial charge in [0.25, 0.3) is 0 Å². The lowest BCUT2D eigenvalue weighted by Crippen LogP contribution is -2.01. The van der Waals surface area contributed by atoms with Crippen molar-refractivity contribution < 1.29 is 19.2 Å². The van der Waals surface area contributed by atoms with Gasteiger partial charge in [0.15, 0.2) is 11.5 Å². The number of aryl methyl sites for hydroxylation is 1. The molecule has 2 aromatic rings. The van der Waals surface area contributed by atoms with Crippen LogP contribution in [0, 0.1) is 0 Å². The summed E-state index contributed by atoms with van der Waals surface area (Å²) in [5.74, 6) is 0.328. The molecule has 0 saturated carbocycles. The van der Waals surface area contributed by atoms with Gasteiger partial charge in [0.1, 0.15) is 5.75 Å². The van der Waals surface area contributed by atoms with Gasteiger partial charge in [-0.15, -0.1) is 0 Å². The molecule has 1 heterocycles. The van der Waals surface area contributed by atoms with Crippen LogP contribution in [0.1, 0.15) is 28.0 Å².